The number of benzene rings is 2. The van der Waals surface area contributed by atoms with Crippen LogP contribution in [0.25, 0.3) is 0 Å². The first-order valence-electron chi connectivity index (χ1n) is 11.4. The summed E-state index contributed by atoms with van der Waals surface area (Å²) in [6.07, 6.45) is 5.41. The number of Topliss-reactive ketones (excluding diaryl/α,β-unsaturated/α-hetero) is 1. The SMILES string of the molecule is Cc1ccc(C(=O)COC(=O)c2ccc(N3C(=O)[C@@H]4[C@H]5C=C[C@@H]([C@@H]6C[C@@H]56)[C@H]4C3=O)cc2)cc1. The van der Waals surface area contributed by atoms with Gasteiger partial charge < -0.3 is 4.74 Å². The number of carbonyl (C=O) groups is 4. The number of amides is 2. The Kier molecular flexibility index (Phi) is 4.41. The third kappa shape index (κ3) is 3.08. The maximum atomic E-state index is 13.2. The van der Waals surface area contributed by atoms with Gasteiger partial charge in [0.05, 0.1) is 23.1 Å². The van der Waals surface area contributed by atoms with Gasteiger partial charge in [0.15, 0.2) is 12.4 Å². The number of hydrogen-bond donors (Lipinski definition) is 0. The Balaban J connectivity index is 1.14. The molecule has 2 aromatic rings. The first-order valence-corrected chi connectivity index (χ1v) is 11.4. The number of imide groups is 1. The lowest BCUT2D eigenvalue weighted by Crippen LogP contribution is -2.40. The van der Waals surface area contributed by atoms with Crippen LogP contribution in [0.5, 0.6) is 0 Å². The first kappa shape index (κ1) is 20.1. The highest BCUT2D eigenvalue weighted by Gasteiger charge is 2.67. The van der Waals surface area contributed by atoms with Crippen molar-refractivity contribution in [2.75, 3.05) is 11.5 Å². The minimum atomic E-state index is -0.628. The summed E-state index contributed by atoms with van der Waals surface area (Å²) < 4.78 is 5.17. The molecule has 0 aromatic heterocycles. The molecule has 1 aliphatic heterocycles. The molecular formula is C27H23NO5. The molecule has 3 fully saturated rings. The van der Waals surface area contributed by atoms with Crippen molar-refractivity contribution in [1.29, 1.82) is 0 Å². The van der Waals surface area contributed by atoms with E-state index in [-0.39, 0.29) is 53.4 Å². The molecule has 2 saturated carbocycles. The molecule has 0 radical (unpaired) electrons. The van der Waals surface area contributed by atoms with Gasteiger partial charge in [-0.2, -0.15) is 0 Å². The van der Waals surface area contributed by atoms with Gasteiger partial charge in [0, 0.05) is 5.56 Å². The number of anilines is 1. The molecule has 6 nitrogen and oxygen atoms in total. The van der Waals surface area contributed by atoms with Crippen molar-refractivity contribution in [1.82, 2.24) is 0 Å². The molecule has 0 spiro atoms. The molecule has 1 heterocycles. The average molecular weight is 441 g/mol. The molecule has 6 atom stereocenters. The van der Waals surface area contributed by atoms with Crippen LogP contribution in [0.3, 0.4) is 0 Å². The van der Waals surface area contributed by atoms with E-state index in [1.54, 1.807) is 24.3 Å². The van der Waals surface area contributed by atoms with Crippen LogP contribution in [-0.4, -0.2) is 30.2 Å². The van der Waals surface area contributed by atoms with E-state index in [4.69, 9.17) is 4.74 Å². The molecule has 2 bridgehead atoms. The monoisotopic (exact) mass is 441 g/mol. The molecule has 5 aliphatic rings. The minimum Gasteiger partial charge on any atom is -0.454 e. The van der Waals surface area contributed by atoms with E-state index in [0.29, 0.717) is 23.1 Å². The third-order valence-corrected chi connectivity index (χ3v) is 7.73. The fourth-order valence-electron chi connectivity index (χ4n) is 6.00. The second-order valence-corrected chi connectivity index (χ2v) is 9.58. The zero-order chi connectivity index (χ0) is 22.9. The normalized spacial score (nSPS) is 30.8. The lowest BCUT2D eigenvalue weighted by Gasteiger charge is -2.37. The van der Waals surface area contributed by atoms with E-state index >= 15 is 0 Å². The number of ether oxygens (including phenoxy) is 1. The Hall–Kier alpha value is -3.54. The molecule has 166 valence electrons. The summed E-state index contributed by atoms with van der Waals surface area (Å²) in [5, 5.41) is 0. The quantitative estimate of drug-likeness (QED) is 0.307. The third-order valence-electron chi connectivity index (χ3n) is 7.73. The zero-order valence-electron chi connectivity index (χ0n) is 18.1. The maximum Gasteiger partial charge on any atom is 0.338 e. The van der Waals surface area contributed by atoms with Crippen LogP contribution in [0.15, 0.2) is 60.7 Å². The Bertz CT molecular complexity index is 1180. The summed E-state index contributed by atoms with van der Waals surface area (Å²) in [5.41, 5.74) is 2.26. The largest absolute Gasteiger partial charge is 0.454 e. The minimum absolute atomic E-state index is 0.131. The summed E-state index contributed by atoms with van der Waals surface area (Å²) in [4.78, 5) is 52.3. The van der Waals surface area contributed by atoms with Crippen molar-refractivity contribution in [3.63, 3.8) is 0 Å². The molecule has 0 unspecified atom stereocenters. The highest BCUT2D eigenvalue weighted by Crippen LogP contribution is 2.65. The van der Waals surface area contributed by atoms with Gasteiger partial charge in [-0.1, -0.05) is 42.0 Å². The van der Waals surface area contributed by atoms with Crippen molar-refractivity contribution < 1.29 is 23.9 Å². The molecule has 33 heavy (non-hydrogen) atoms. The van der Waals surface area contributed by atoms with Crippen LogP contribution < -0.4 is 4.90 Å². The molecule has 2 aromatic carbocycles. The van der Waals surface area contributed by atoms with Gasteiger partial charge in [0.25, 0.3) is 0 Å². The number of allylic oxidation sites excluding steroid dienone is 2. The van der Waals surface area contributed by atoms with Crippen molar-refractivity contribution in [2.24, 2.45) is 35.5 Å². The molecule has 7 rings (SSSR count). The predicted octanol–water partition coefficient (Wildman–Crippen LogP) is 3.59. The van der Waals surface area contributed by atoms with Crippen molar-refractivity contribution in [2.45, 2.75) is 13.3 Å². The van der Waals surface area contributed by atoms with Crippen LogP contribution in [0.1, 0.15) is 32.7 Å². The highest BCUT2D eigenvalue weighted by molar-refractivity contribution is 6.22. The van der Waals surface area contributed by atoms with Gasteiger partial charge in [0.2, 0.25) is 11.8 Å². The summed E-state index contributed by atoms with van der Waals surface area (Å²) in [5.74, 6) is -0.229. The number of rotatable bonds is 5. The van der Waals surface area contributed by atoms with Crippen LogP contribution in [0, 0.1) is 42.4 Å². The number of hydrogen-bond acceptors (Lipinski definition) is 5. The van der Waals surface area contributed by atoms with Crippen LogP contribution in [0.2, 0.25) is 0 Å². The van der Waals surface area contributed by atoms with E-state index in [0.717, 1.165) is 12.0 Å². The number of esters is 1. The Morgan fingerprint density at radius 2 is 1.39 bits per heavy atom. The van der Waals surface area contributed by atoms with Crippen LogP contribution in [-0.2, 0) is 14.3 Å². The lowest BCUT2D eigenvalue weighted by atomic mass is 9.63. The fourth-order valence-corrected chi connectivity index (χ4v) is 6.00. The van der Waals surface area contributed by atoms with Crippen molar-refractivity contribution in [3.8, 4) is 0 Å². The lowest BCUT2D eigenvalue weighted by molar-refractivity contribution is -0.124. The van der Waals surface area contributed by atoms with Gasteiger partial charge in [0.1, 0.15) is 0 Å². The van der Waals surface area contributed by atoms with Crippen molar-refractivity contribution in [3.05, 3.63) is 77.4 Å². The number of nitrogens with zero attached hydrogens (tertiary/aromatic N) is 1. The Morgan fingerprint density at radius 3 is 1.97 bits per heavy atom. The standard InChI is InChI=1S/C27H23NO5/c1-14-2-4-15(5-3-14)22(29)13-33-27(32)16-6-8-17(9-7-16)28-25(30)23-18-10-11-19(21-12-20(18)21)24(23)26(28)31/h2-11,18-21,23-24H,12-13H2,1H3/t18-,19-,20-,21-,23+,24+/m0/s1. The number of carbonyl (C=O) groups excluding carboxylic acids is 4. The second-order valence-electron chi connectivity index (χ2n) is 9.58. The van der Waals surface area contributed by atoms with Gasteiger partial charge >= 0.3 is 5.97 Å². The summed E-state index contributed by atoms with van der Waals surface area (Å²) in [6.45, 7) is 1.58. The number of aryl methyl sites for hydroxylation is 1. The topological polar surface area (TPSA) is 80.8 Å². The van der Waals surface area contributed by atoms with Gasteiger partial charge in [-0.3, -0.25) is 19.3 Å². The fraction of sp³-hybridized carbons (Fsp3) is 0.333. The second kappa shape index (κ2) is 7.24. The first-order chi connectivity index (χ1) is 15.9. The highest BCUT2D eigenvalue weighted by atomic mass is 16.5. The maximum absolute atomic E-state index is 13.2. The van der Waals surface area contributed by atoms with Crippen molar-refractivity contribution >= 4 is 29.3 Å². The summed E-state index contributed by atoms with van der Waals surface area (Å²) in [7, 11) is 0. The van der Waals surface area contributed by atoms with E-state index in [1.807, 2.05) is 19.1 Å². The van der Waals surface area contributed by atoms with E-state index in [9.17, 15) is 19.2 Å². The predicted molar refractivity (Wildman–Crippen MR) is 119 cm³/mol. The van der Waals surface area contributed by atoms with E-state index in [2.05, 4.69) is 12.2 Å². The molecule has 4 aliphatic carbocycles. The van der Waals surface area contributed by atoms with Crippen LogP contribution >= 0.6 is 0 Å². The smallest absolute Gasteiger partial charge is 0.338 e. The summed E-state index contributed by atoms with van der Waals surface area (Å²) in [6, 6.07) is 13.3. The van der Waals surface area contributed by atoms with E-state index in [1.165, 1.54) is 17.0 Å². The van der Waals surface area contributed by atoms with E-state index < -0.39 is 5.97 Å². The summed E-state index contributed by atoms with van der Waals surface area (Å²) >= 11 is 0. The molecule has 6 heteroatoms. The molecular weight excluding hydrogens is 418 g/mol. The van der Waals surface area contributed by atoms with Gasteiger partial charge in [-0.05, 0) is 61.3 Å². The molecule has 0 N–H and O–H groups in total. The Morgan fingerprint density at radius 1 is 0.848 bits per heavy atom. The average Bonchev–Trinajstić information content (AvgIpc) is 3.61. The molecule has 2 amide bonds. The van der Waals surface area contributed by atoms with Crippen LogP contribution in [0.4, 0.5) is 5.69 Å². The molecule has 1 saturated heterocycles. The zero-order valence-corrected chi connectivity index (χ0v) is 18.1. The number of ketones is 1. The van der Waals surface area contributed by atoms with Gasteiger partial charge in [-0.15, -0.1) is 0 Å². The van der Waals surface area contributed by atoms with Gasteiger partial charge in [-0.25, -0.2) is 4.79 Å². The Labute approximate surface area is 191 Å².